The van der Waals surface area contributed by atoms with E-state index in [0.29, 0.717) is 16.3 Å². The smallest absolute Gasteiger partial charge is 0.341 e. The molecule has 6 heteroatoms. The number of hydrogen-bond donors (Lipinski definition) is 1. The third kappa shape index (κ3) is 5.07. The number of nitrogens with one attached hydrogen (secondary N) is 1. The predicted octanol–water partition coefficient (Wildman–Crippen LogP) is 5.34. The summed E-state index contributed by atoms with van der Waals surface area (Å²) >= 11 is 1.29. The highest BCUT2D eigenvalue weighted by Crippen LogP contribution is 2.36. The minimum atomic E-state index is -0.489. The van der Waals surface area contributed by atoms with Gasteiger partial charge in [0.25, 0.3) is 5.91 Å². The fraction of sp³-hybridized carbons (Fsp3) is 0.250. The molecular formula is C24H25NO4S. The van der Waals surface area contributed by atoms with E-state index in [2.05, 4.69) is 19.2 Å². The summed E-state index contributed by atoms with van der Waals surface area (Å²) in [7, 11) is 1.33. The Hall–Kier alpha value is -3.12. The number of amides is 1. The van der Waals surface area contributed by atoms with Crippen LogP contribution in [0.4, 0.5) is 5.00 Å². The van der Waals surface area contributed by atoms with Crippen molar-refractivity contribution in [1.82, 2.24) is 0 Å². The van der Waals surface area contributed by atoms with Crippen LogP contribution in [0.3, 0.4) is 0 Å². The van der Waals surface area contributed by atoms with Gasteiger partial charge >= 0.3 is 5.97 Å². The van der Waals surface area contributed by atoms with Crippen LogP contribution in [0, 0.1) is 0 Å². The molecule has 0 spiro atoms. The highest BCUT2D eigenvalue weighted by molar-refractivity contribution is 7.15. The third-order valence-electron chi connectivity index (χ3n) is 4.81. The van der Waals surface area contributed by atoms with Crippen molar-refractivity contribution in [3.63, 3.8) is 0 Å². The summed E-state index contributed by atoms with van der Waals surface area (Å²) in [5.41, 5.74) is 4.41. The van der Waals surface area contributed by atoms with Crippen molar-refractivity contribution in [2.45, 2.75) is 26.7 Å². The lowest BCUT2D eigenvalue weighted by atomic mass is 10.0. The van der Waals surface area contributed by atoms with Gasteiger partial charge in [-0.3, -0.25) is 4.79 Å². The van der Waals surface area contributed by atoms with Gasteiger partial charge in [0.05, 0.1) is 7.11 Å². The van der Waals surface area contributed by atoms with Crippen LogP contribution in [0.2, 0.25) is 0 Å². The number of ether oxygens (including phenoxy) is 2. The third-order valence-corrected chi connectivity index (χ3v) is 5.70. The Balaban J connectivity index is 1.74. The molecule has 1 amide bonds. The second-order valence-electron chi connectivity index (χ2n) is 6.73. The van der Waals surface area contributed by atoms with Gasteiger partial charge in [-0.25, -0.2) is 4.79 Å². The minimum Gasteiger partial charge on any atom is -0.484 e. The second-order valence-corrected chi connectivity index (χ2v) is 7.61. The molecule has 1 N–H and O–H groups in total. The molecule has 0 unspecified atom stereocenters. The first-order valence-corrected chi connectivity index (χ1v) is 10.7. The molecule has 0 bridgehead atoms. The summed E-state index contributed by atoms with van der Waals surface area (Å²) < 4.78 is 10.5. The number of carbonyl (C=O) groups excluding carboxylic acids is 2. The molecule has 30 heavy (non-hydrogen) atoms. The number of esters is 1. The molecule has 2 aromatic carbocycles. The fourth-order valence-corrected chi connectivity index (χ4v) is 3.99. The van der Waals surface area contributed by atoms with Crippen LogP contribution in [0.5, 0.6) is 5.75 Å². The van der Waals surface area contributed by atoms with Crippen molar-refractivity contribution in [2.75, 3.05) is 19.0 Å². The standard InChI is InChI=1S/C24H25NO4S/c1-4-16-6-10-18(11-7-16)20-15-30-23(22(20)24(27)28-3)25-21(26)14-29-19-12-8-17(5-2)9-13-19/h6-13,15H,4-5,14H2,1-3H3,(H,25,26). The molecule has 0 aliphatic carbocycles. The van der Waals surface area contributed by atoms with Crippen molar-refractivity contribution >= 4 is 28.2 Å². The van der Waals surface area contributed by atoms with Gasteiger partial charge in [-0.05, 0) is 41.7 Å². The Morgan fingerprint density at radius 1 is 0.933 bits per heavy atom. The van der Waals surface area contributed by atoms with E-state index in [9.17, 15) is 9.59 Å². The summed E-state index contributed by atoms with van der Waals surface area (Å²) in [4.78, 5) is 24.9. The van der Waals surface area contributed by atoms with Crippen LogP contribution >= 0.6 is 11.3 Å². The SMILES string of the molecule is CCc1ccc(OCC(=O)Nc2scc(-c3ccc(CC)cc3)c2C(=O)OC)cc1. The molecule has 3 aromatic rings. The first-order chi connectivity index (χ1) is 14.5. The van der Waals surface area contributed by atoms with Crippen LogP contribution in [-0.2, 0) is 22.4 Å². The number of carbonyl (C=O) groups is 2. The van der Waals surface area contributed by atoms with Crippen molar-refractivity contribution in [1.29, 1.82) is 0 Å². The van der Waals surface area contributed by atoms with E-state index in [1.807, 2.05) is 53.9 Å². The summed E-state index contributed by atoms with van der Waals surface area (Å²) in [5.74, 6) is -0.204. The van der Waals surface area contributed by atoms with Crippen LogP contribution in [0.1, 0.15) is 35.3 Å². The lowest BCUT2D eigenvalue weighted by Crippen LogP contribution is -2.21. The topological polar surface area (TPSA) is 64.6 Å². The van der Waals surface area contributed by atoms with E-state index in [1.165, 1.54) is 29.6 Å². The van der Waals surface area contributed by atoms with E-state index in [1.54, 1.807) is 0 Å². The number of thiophene rings is 1. The summed E-state index contributed by atoms with van der Waals surface area (Å²) in [6.45, 7) is 4.02. The number of rotatable bonds is 8. The monoisotopic (exact) mass is 423 g/mol. The van der Waals surface area contributed by atoms with E-state index in [0.717, 1.165) is 24.0 Å². The number of aryl methyl sites for hydroxylation is 2. The molecule has 0 saturated heterocycles. The average Bonchev–Trinajstić information content (AvgIpc) is 3.20. The van der Waals surface area contributed by atoms with Gasteiger partial charge in [0.2, 0.25) is 0 Å². The van der Waals surface area contributed by atoms with E-state index >= 15 is 0 Å². The lowest BCUT2D eigenvalue weighted by Gasteiger charge is -2.09. The number of anilines is 1. The van der Waals surface area contributed by atoms with E-state index < -0.39 is 5.97 Å². The molecule has 0 fully saturated rings. The van der Waals surface area contributed by atoms with Gasteiger partial charge in [0, 0.05) is 10.9 Å². The van der Waals surface area contributed by atoms with Gasteiger partial charge in [0.15, 0.2) is 6.61 Å². The zero-order valence-corrected chi connectivity index (χ0v) is 18.2. The maximum absolute atomic E-state index is 12.4. The molecule has 0 radical (unpaired) electrons. The molecule has 0 aliphatic heterocycles. The number of methoxy groups -OCH3 is 1. The second kappa shape index (κ2) is 10.1. The maximum atomic E-state index is 12.4. The molecule has 0 aliphatic rings. The average molecular weight is 424 g/mol. The van der Waals surface area contributed by atoms with Crippen molar-refractivity contribution in [3.05, 3.63) is 70.6 Å². The molecule has 1 aromatic heterocycles. The van der Waals surface area contributed by atoms with Crippen molar-refractivity contribution in [3.8, 4) is 16.9 Å². The van der Waals surface area contributed by atoms with Gasteiger partial charge in [-0.1, -0.05) is 50.2 Å². The van der Waals surface area contributed by atoms with Crippen LogP contribution in [0.25, 0.3) is 11.1 Å². The Kier molecular flexibility index (Phi) is 7.25. The minimum absolute atomic E-state index is 0.148. The summed E-state index contributed by atoms with van der Waals surface area (Å²) in [5, 5.41) is 5.09. The van der Waals surface area contributed by atoms with Gasteiger partial charge in [0.1, 0.15) is 16.3 Å². The summed E-state index contributed by atoms with van der Waals surface area (Å²) in [6.07, 6.45) is 1.88. The zero-order valence-electron chi connectivity index (χ0n) is 17.4. The lowest BCUT2D eigenvalue weighted by molar-refractivity contribution is -0.118. The molecule has 0 atom stereocenters. The first kappa shape index (κ1) is 21.6. The Bertz CT molecular complexity index is 1010. The van der Waals surface area contributed by atoms with E-state index in [4.69, 9.17) is 9.47 Å². The van der Waals surface area contributed by atoms with E-state index in [-0.39, 0.29) is 12.5 Å². The quantitative estimate of drug-likeness (QED) is 0.497. The van der Waals surface area contributed by atoms with Gasteiger partial charge < -0.3 is 14.8 Å². The number of benzene rings is 2. The van der Waals surface area contributed by atoms with Crippen LogP contribution in [0.15, 0.2) is 53.9 Å². The van der Waals surface area contributed by atoms with Crippen molar-refractivity contribution in [2.24, 2.45) is 0 Å². The van der Waals surface area contributed by atoms with Crippen LogP contribution in [-0.4, -0.2) is 25.6 Å². The van der Waals surface area contributed by atoms with Gasteiger partial charge in [-0.15, -0.1) is 11.3 Å². The largest absolute Gasteiger partial charge is 0.484 e. The Morgan fingerprint density at radius 3 is 2.10 bits per heavy atom. The summed E-state index contributed by atoms with van der Waals surface area (Å²) in [6, 6.07) is 15.6. The fourth-order valence-electron chi connectivity index (χ4n) is 3.02. The highest BCUT2D eigenvalue weighted by Gasteiger charge is 2.22. The zero-order chi connectivity index (χ0) is 21.5. The highest BCUT2D eigenvalue weighted by atomic mass is 32.1. The van der Waals surface area contributed by atoms with Crippen molar-refractivity contribution < 1.29 is 19.1 Å². The molecule has 0 saturated carbocycles. The predicted molar refractivity (Wildman–Crippen MR) is 120 cm³/mol. The molecule has 156 valence electrons. The molecule has 3 rings (SSSR count). The molecule has 1 heterocycles. The first-order valence-electron chi connectivity index (χ1n) is 9.86. The van der Waals surface area contributed by atoms with Gasteiger partial charge in [-0.2, -0.15) is 0 Å². The van der Waals surface area contributed by atoms with Crippen LogP contribution < -0.4 is 10.1 Å². The number of hydrogen-bond acceptors (Lipinski definition) is 5. The Morgan fingerprint density at radius 2 is 1.53 bits per heavy atom. The molecule has 5 nitrogen and oxygen atoms in total. The Labute approximate surface area is 180 Å². The molecular weight excluding hydrogens is 398 g/mol. The normalized spacial score (nSPS) is 10.5. The maximum Gasteiger partial charge on any atom is 0.341 e.